The lowest BCUT2D eigenvalue weighted by molar-refractivity contribution is -0.138. The minimum atomic E-state index is -1.07. The van der Waals surface area contributed by atoms with Gasteiger partial charge in [-0.15, -0.1) is 0 Å². The van der Waals surface area contributed by atoms with Gasteiger partial charge in [0.25, 0.3) is 0 Å². The Morgan fingerprint density at radius 3 is 2.32 bits per heavy atom. The van der Waals surface area contributed by atoms with E-state index in [9.17, 15) is 19.8 Å². The molecule has 2 aromatic rings. The first-order valence-electron chi connectivity index (χ1n) is 9.67. The van der Waals surface area contributed by atoms with Crippen LogP contribution in [0.25, 0.3) is 0 Å². The van der Waals surface area contributed by atoms with Crippen LogP contribution in [0.5, 0.6) is 23.0 Å². The first kappa shape index (κ1) is 23.5. The molecule has 1 unspecified atom stereocenters. The molecule has 0 saturated heterocycles. The fraction of sp³-hybridized carbons (Fsp3) is 0.250. The van der Waals surface area contributed by atoms with E-state index in [2.05, 4.69) is 13.2 Å². The number of hydrogen-bond donors (Lipinski definition) is 2. The molecule has 2 aromatic carbocycles. The number of benzene rings is 2. The first-order valence-corrected chi connectivity index (χ1v) is 9.67. The zero-order chi connectivity index (χ0) is 23.0. The van der Waals surface area contributed by atoms with Crippen molar-refractivity contribution in [3.05, 3.63) is 72.3 Å². The highest BCUT2D eigenvalue weighted by Gasteiger charge is 2.29. The smallest absolute Gasteiger partial charge is 0.310 e. The van der Waals surface area contributed by atoms with Crippen molar-refractivity contribution in [2.24, 2.45) is 0 Å². The zero-order valence-corrected chi connectivity index (χ0v) is 17.6. The Bertz CT molecular complexity index is 978. The number of aliphatic carboxylic acids is 1. The van der Waals surface area contributed by atoms with Gasteiger partial charge >= 0.3 is 5.97 Å². The van der Waals surface area contributed by atoms with Crippen LogP contribution < -0.4 is 14.2 Å². The van der Waals surface area contributed by atoms with Crippen molar-refractivity contribution in [1.82, 2.24) is 0 Å². The van der Waals surface area contributed by atoms with Crippen LogP contribution in [0, 0.1) is 0 Å². The lowest BCUT2D eigenvalue weighted by Crippen LogP contribution is -2.17. The van der Waals surface area contributed by atoms with Crippen LogP contribution in [-0.4, -0.2) is 42.3 Å². The predicted molar refractivity (Wildman–Crippen MR) is 117 cm³/mol. The molecule has 0 spiro atoms. The topological polar surface area (TPSA) is 102 Å². The van der Waals surface area contributed by atoms with Crippen molar-refractivity contribution in [2.45, 2.75) is 19.3 Å². The number of hydrogen-bond acceptors (Lipinski definition) is 6. The van der Waals surface area contributed by atoms with Crippen LogP contribution in [0.15, 0.2) is 55.6 Å². The summed E-state index contributed by atoms with van der Waals surface area (Å²) in [6.07, 6.45) is 3.32. The maximum Gasteiger partial charge on any atom is 0.310 e. The molecule has 2 rings (SSSR count). The molecule has 164 valence electrons. The first-order chi connectivity index (χ1) is 14.9. The fourth-order valence-electron chi connectivity index (χ4n) is 3.12. The molecule has 31 heavy (non-hydrogen) atoms. The Morgan fingerprint density at radius 2 is 1.74 bits per heavy atom. The van der Waals surface area contributed by atoms with Crippen LogP contribution >= 0.6 is 0 Å². The maximum atomic E-state index is 13.5. The van der Waals surface area contributed by atoms with E-state index in [4.69, 9.17) is 14.2 Å². The van der Waals surface area contributed by atoms with Crippen molar-refractivity contribution in [3.8, 4) is 23.0 Å². The summed E-state index contributed by atoms with van der Waals surface area (Å²) in [6.45, 7) is 9.26. The van der Waals surface area contributed by atoms with Crippen molar-refractivity contribution < 1.29 is 34.0 Å². The SMILES string of the molecule is C=CCOc1cc(OCC=C)c(C(=O)c2ccc(O)c(OC)c2)c(C(CC)C(=O)O)c1. The molecule has 0 aliphatic carbocycles. The molecule has 7 nitrogen and oxygen atoms in total. The summed E-state index contributed by atoms with van der Waals surface area (Å²) in [7, 11) is 1.37. The van der Waals surface area contributed by atoms with E-state index in [1.54, 1.807) is 13.0 Å². The molecule has 0 bridgehead atoms. The lowest BCUT2D eigenvalue weighted by Gasteiger charge is -2.20. The highest BCUT2D eigenvalue weighted by atomic mass is 16.5. The van der Waals surface area contributed by atoms with Gasteiger partial charge < -0.3 is 24.4 Å². The van der Waals surface area contributed by atoms with Gasteiger partial charge in [-0.1, -0.05) is 32.2 Å². The van der Waals surface area contributed by atoms with Crippen molar-refractivity contribution >= 4 is 11.8 Å². The largest absolute Gasteiger partial charge is 0.504 e. The Kier molecular flexibility index (Phi) is 8.25. The molecular formula is C24H26O7. The van der Waals surface area contributed by atoms with Crippen LogP contribution in [0.2, 0.25) is 0 Å². The summed E-state index contributed by atoms with van der Waals surface area (Å²) in [4.78, 5) is 25.5. The third-order valence-electron chi connectivity index (χ3n) is 4.58. The second-order valence-corrected chi connectivity index (χ2v) is 6.60. The number of aromatic hydroxyl groups is 1. The van der Waals surface area contributed by atoms with E-state index in [1.807, 2.05) is 0 Å². The minimum Gasteiger partial charge on any atom is -0.504 e. The standard InChI is InChI=1S/C24H26O7/c1-5-10-30-16-13-18(17(7-3)24(27)28)22(21(14-16)31-11-6-2)23(26)15-8-9-19(25)20(12-15)29-4/h5-6,8-9,12-14,17,25H,1-2,7,10-11H2,3-4H3,(H,27,28). The normalized spacial score (nSPS) is 11.3. The molecule has 0 aliphatic heterocycles. The van der Waals surface area contributed by atoms with E-state index in [0.717, 1.165) is 0 Å². The quantitative estimate of drug-likeness (QED) is 0.384. The van der Waals surface area contributed by atoms with Gasteiger partial charge in [0.05, 0.1) is 18.6 Å². The number of carboxylic acids is 1. The van der Waals surface area contributed by atoms with E-state index in [-0.39, 0.29) is 53.6 Å². The van der Waals surface area contributed by atoms with Gasteiger partial charge in [0.15, 0.2) is 17.3 Å². The van der Waals surface area contributed by atoms with Gasteiger partial charge in [-0.2, -0.15) is 0 Å². The molecule has 0 aromatic heterocycles. The second-order valence-electron chi connectivity index (χ2n) is 6.60. The highest BCUT2D eigenvalue weighted by molar-refractivity contribution is 6.12. The highest BCUT2D eigenvalue weighted by Crippen LogP contribution is 2.37. The summed E-state index contributed by atoms with van der Waals surface area (Å²) in [5.41, 5.74) is 0.585. The monoisotopic (exact) mass is 426 g/mol. The van der Waals surface area contributed by atoms with Crippen molar-refractivity contribution in [1.29, 1.82) is 0 Å². The molecule has 1 atom stereocenters. The van der Waals surface area contributed by atoms with E-state index < -0.39 is 17.7 Å². The maximum absolute atomic E-state index is 13.5. The Morgan fingerprint density at radius 1 is 1.06 bits per heavy atom. The van der Waals surface area contributed by atoms with Crippen LogP contribution in [0.4, 0.5) is 0 Å². The summed E-state index contributed by atoms with van der Waals surface area (Å²) >= 11 is 0. The third kappa shape index (κ3) is 5.45. The summed E-state index contributed by atoms with van der Waals surface area (Å²) in [5.74, 6) is -1.97. The molecule has 7 heteroatoms. The number of rotatable bonds is 12. The van der Waals surface area contributed by atoms with Gasteiger partial charge in [0.2, 0.25) is 0 Å². The molecule has 0 heterocycles. The summed E-state index contributed by atoms with van der Waals surface area (Å²) in [6, 6.07) is 7.24. The van der Waals surface area contributed by atoms with E-state index in [0.29, 0.717) is 5.75 Å². The Balaban J connectivity index is 2.75. The van der Waals surface area contributed by atoms with Gasteiger partial charge in [0.1, 0.15) is 24.7 Å². The lowest BCUT2D eigenvalue weighted by atomic mass is 9.87. The number of ether oxygens (including phenoxy) is 3. The molecule has 0 fully saturated rings. The van der Waals surface area contributed by atoms with Crippen molar-refractivity contribution in [3.63, 3.8) is 0 Å². The van der Waals surface area contributed by atoms with Crippen LogP contribution in [0.3, 0.4) is 0 Å². The number of ketones is 1. The number of carbonyl (C=O) groups is 2. The Hall–Kier alpha value is -3.74. The van der Waals surface area contributed by atoms with Crippen LogP contribution in [-0.2, 0) is 4.79 Å². The number of carbonyl (C=O) groups excluding carboxylic acids is 1. The van der Waals surface area contributed by atoms with E-state index >= 15 is 0 Å². The van der Waals surface area contributed by atoms with Crippen molar-refractivity contribution in [2.75, 3.05) is 20.3 Å². The van der Waals surface area contributed by atoms with E-state index in [1.165, 1.54) is 43.5 Å². The average molecular weight is 426 g/mol. The minimum absolute atomic E-state index is 0.105. The number of methoxy groups -OCH3 is 1. The zero-order valence-electron chi connectivity index (χ0n) is 17.6. The molecule has 0 amide bonds. The van der Waals surface area contributed by atoms with Gasteiger partial charge in [-0.25, -0.2) is 0 Å². The number of carboxylic acid groups (broad SMARTS) is 1. The molecular weight excluding hydrogens is 400 g/mol. The van der Waals surface area contributed by atoms with Gasteiger partial charge in [0, 0.05) is 11.6 Å². The molecule has 0 radical (unpaired) electrons. The van der Waals surface area contributed by atoms with Gasteiger partial charge in [-0.05, 0) is 36.2 Å². The Labute approximate surface area is 181 Å². The number of phenolic OH excluding ortho intramolecular Hbond substituents is 1. The third-order valence-corrected chi connectivity index (χ3v) is 4.58. The molecule has 0 saturated carbocycles. The summed E-state index contributed by atoms with van der Waals surface area (Å²) in [5, 5.41) is 19.6. The van der Waals surface area contributed by atoms with Gasteiger partial charge in [-0.3, -0.25) is 9.59 Å². The fourth-order valence-corrected chi connectivity index (χ4v) is 3.12. The number of phenols is 1. The summed E-state index contributed by atoms with van der Waals surface area (Å²) < 4.78 is 16.4. The molecule has 0 aliphatic rings. The predicted octanol–water partition coefficient (Wildman–Crippen LogP) is 4.34. The van der Waals surface area contributed by atoms with Crippen LogP contribution in [0.1, 0.15) is 40.7 Å². The second kappa shape index (κ2) is 10.9. The molecule has 2 N–H and O–H groups in total. The average Bonchev–Trinajstić information content (AvgIpc) is 2.76.